The largest absolute Gasteiger partial charge is 0.328 e. The van der Waals surface area contributed by atoms with Gasteiger partial charge in [0.25, 0.3) is 0 Å². The summed E-state index contributed by atoms with van der Waals surface area (Å²) < 4.78 is 0. The lowest BCUT2D eigenvalue weighted by Crippen LogP contribution is -2.42. The van der Waals surface area contributed by atoms with Crippen LogP contribution in [0.25, 0.3) is 0 Å². The molecule has 2 fully saturated rings. The maximum Gasteiger partial charge on any atom is 0.00392 e. The molecular formula is C11H24Cl2N2. The number of hydrogen-bond acceptors (Lipinski definition) is 2. The van der Waals surface area contributed by atoms with Crippen molar-refractivity contribution in [1.29, 1.82) is 0 Å². The summed E-state index contributed by atoms with van der Waals surface area (Å²) in [7, 11) is 2.24. The molecule has 0 amide bonds. The Morgan fingerprint density at radius 1 is 1.00 bits per heavy atom. The van der Waals surface area contributed by atoms with Gasteiger partial charge in [-0.25, -0.2) is 0 Å². The SMILES string of the molecule is CN1CCC2(CCC(N)CC2)CC1.Cl.Cl. The average molecular weight is 255 g/mol. The first-order valence-electron chi connectivity index (χ1n) is 5.64. The molecule has 1 spiro atoms. The molecule has 0 bridgehead atoms. The van der Waals surface area contributed by atoms with Gasteiger partial charge in [-0.15, -0.1) is 24.8 Å². The Hall–Kier alpha value is 0.500. The normalized spacial score (nSPS) is 26.8. The van der Waals surface area contributed by atoms with E-state index in [2.05, 4.69) is 11.9 Å². The summed E-state index contributed by atoms with van der Waals surface area (Å²) in [6.07, 6.45) is 8.14. The first kappa shape index (κ1) is 15.5. The molecule has 1 saturated heterocycles. The van der Waals surface area contributed by atoms with Crippen LogP contribution in [-0.4, -0.2) is 31.1 Å². The van der Waals surface area contributed by atoms with E-state index in [1.54, 1.807) is 0 Å². The van der Waals surface area contributed by atoms with Gasteiger partial charge in [-0.3, -0.25) is 0 Å². The summed E-state index contributed by atoms with van der Waals surface area (Å²) in [6, 6.07) is 0.505. The lowest BCUT2D eigenvalue weighted by Gasteiger charge is -2.44. The van der Waals surface area contributed by atoms with E-state index in [4.69, 9.17) is 5.73 Å². The second kappa shape index (κ2) is 6.29. The van der Waals surface area contributed by atoms with Gasteiger partial charge in [-0.2, -0.15) is 0 Å². The first-order chi connectivity index (χ1) is 6.20. The van der Waals surface area contributed by atoms with Crippen molar-refractivity contribution in [2.75, 3.05) is 20.1 Å². The van der Waals surface area contributed by atoms with Crippen molar-refractivity contribution in [3.63, 3.8) is 0 Å². The highest BCUT2D eigenvalue weighted by molar-refractivity contribution is 5.85. The minimum Gasteiger partial charge on any atom is -0.328 e. The summed E-state index contributed by atoms with van der Waals surface area (Å²) in [5.41, 5.74) is 6.64. The molecule has 15 heavy (non-hydrogen) atoms. The number of hydrogen-bond donors (Lipinski definition) is 1. The van der Waals surface area contributed by atoms with E-state index < -0.39 is 0 Å². The molecular weight excluding hydrogens is 231 g/mol. The van der Waals surface area contributed by atoms with Crippen LogP contribution < -0.4 is 5.73 Å². The zero-order valence-corrected chi connectivity index (χ0v) is 11.2. The molecule has 0 atom stereocenters. The molecule has 2 aliphatic rings. The Morgan fingerprint density at radius 3 is 1.93 bits per heavy atom. The lowest BCUT2D eigenvalue weighted by atomic mass is 9.67. The maximum atomic E-state index is 5.94. The Labute approximate surface area is 106 Å². The fraction of sp³-hybridized carbons (Fsp3) is 1.00. The Morgan fingerprint density at radius 2 is 1.47 bits per heavy atom. The van der Waals surface area contributed by atoms with E-state index in [9.17, 15) is 0 Å². The van der Waals surface area contributed by atoms with Gasteiger partial charge in [-0.05, 0) is 64.1 Å². The maximum absolute atomic E-state index is 5.94. The lowest BCUT2D eigenvalue weighted by molar-refractivity contribution is 0.0749. The minimum atomic E-state index is 0. The molecule has 1 saturated carbocycles. The molecule has 0 aromatic heterocycles. The van der Waals surface area contributed by atoms with Crippen molar-refractivity contribution in [3.05, 3.63) is 0 Å². The highest BCUT2D eigenvalue weighted by atomic mass is 35.5. The average Bonchev–Trinajstić information content (AvgIpc) is 2.16. The third-order valence-electron chi connectivity index (χ3n) is 4.14. The smallest absolute Gasteiger partial charge is 0.00392 e. The zero-order chi connectivity index (χ0) is 9.31. The van der Waals surface area contributed by atoms with Gasteiger partial charge in [0.1, 0.15) is 0 Å². The number of likely N-dealkylation sites (tertiary alicyclic amines) is 1. The summed E-state index contributed by atoms with van der Waals surface area (Å²) >= 11 is 0. The molecule has 0 radical (unpaired) electrons. The molecule has 0 unspecified atom stereocenters. The van der Waals surface area contributed by atoms with Crippen molar-refractivity contribution in [2.45, 2.75) is 44.6 Å². The van der Waals surface area contributed by atoms with Crippen LogP contribution in [0.1, 0.15) is 38.5 Å². The van der Waals surface area contributed by atoms with Gasteiger partial charge in [0, 0.05) is 6.04 Å². The number of nitrogens with two attached hydrogens (primary N) is 1. The molecule has 0 aromatic rings. The Bertz CT molecular complexity index is 148. The van der Waals surface area contributed by atoms with Crippen LogP contribution in [0.5, 0.6) is 0 Å². The van der Waals surface area contributed by atoms with Crippen molar-refractivity contribution in [3.8, 4) is 0 Å². The van der Waals surface area contributed by atoms with Crippen molar-refractivity contribution >= 4 is 24.8 Å². The van der Waals surface area contributed by atoms with Crippen LogP contribution in [0.2, 0.25) is 0 Å². The van der Waals surface area contributed by atoms with E-state index in [0.29, 0.717) is 11.5 Å². The summed E-state index contributed by atoms with van der Waals surface area (Å²) in [6.45, 7) is 2.60. The molecule has 1 heterocycles. The quantitative estimate of drug-likeness (QED) is 0.720. The standard InChI is InChI=1S/C11H22N2.2ClH/c1-13-8-6-11(7-9-13)4-2-10(12)3-5-11;;/h10H,2-9,12H2,1H3;2*1H. The number of nitrogens with zero attached hydrogens (tertiary/aromatic N) is 1. The summed E-state index contributed by atoms with van der Waals surface area (Å²) in [5, 5.41) is 0. The molecule has 1 aliphatic carbocycles. The van der Waals surface area contributed by atoms with Gasteiger partial charge >= 0.3 is 0 Å². The molecule has 0 aromatic carbocycles. The first-order valence-corrected chi connectivity index (χ1v) is 5.64. The second-order valence-electron chi connectivity index (χ2n) is 5.14. The van der Waals surface area contributed by atoms with Crippen LogP contribution in [0.15, 0.2) is 0 Å². The Balaban J connectivity index is 0.000000980. The fourth-order valence-corrected chi connectivity index (χ4v) is 2.85. The van der Waals surface area contributed by atoms with Crippen molar-refractivity contribution < 1.29 is 0 Å². The van der Waals surface area contributed by atoms with Gasteiger partial charge in [0.15, 0.2) is 0 Å². The van der Waals surface area contributed by atoms with Gasteiger partial charge < -0.3 is 10.6 Å². The topological polar surface area (TPSA) is 29.3 Å². The second-order valence-corrected chi connectivity index (χ2v) is 5.14. The van der Waals surface area contributed by atoms with Crippen LogP contribution in [0.3, 0.4) is 0 Å². The van der Waals surface area contributed by atoms with Crippen molar-refractivity contribution in [1.82, 2.24) is 4.90 Å². The fourth-order valence-electron chi connectivity index (χ4n) is 2.85. The van der Waals surface area contributed by atoms with Crippen LogP contribution in [0, 0.1) is 5.41 Å². The van der Waals surface area contributed by atoms with Crippen LogP contribution in [-0.2, 0) is 0 Å². The molecule has 2 nitrogen and oxygen atoms in total. The van der Waals surface area contributed by atoms with Gasteiger partial charge in [0.05, 0.1) is 0 Å². The predicted molar refractivity (Wildman–Crippen MR) is 70.1 cm³/mol. The van der Waals surface area contributed by atoms with Gasteiger partial charge in [0.2, 0.25) is 0 Å². The third-order valence-corrected chi connectivity index (χ3v) is 4.14. The van der Waals surface area contributed by atoms with E-state index in [1.807, 2.05) is 0 Å². The number of halogens is 2. The van der Waals surface area contributed by atoms with Crippen LogP contribution >= 0.6 is 24.8 Å². The van der Waals surface area contributed by atoms with E-state index >= 15 is 0 Å². The minimum absolute atomic E-state index is 0. The third kappa shape index (κ3) is 3.77. The highest BCUT2D eigenvalue weighted by Gasteiger charge is 2.36. The number of piperidine rings is 1. The van der Waals surface area contributed by atoms with Gasteiger partial charge in [-0.1, -0.05) is 0 Å². The molecule has 92 valence electrons. The van der Waals surface area contributed by atoms with E-state index in [-0.39, 0.29) is 24.8 Å². The van der Waals surface area contributed by atoms with E-state index in [1.165, 1.54) is 51.6 Å². The van der Waals surface area contributed by atoms with Crippen molar-refractivity contribution in [2.24, 2.45) is 11.1 Å². The zero-order valence-electron chi connectivity index (χ0n) is 9.58. The number of rotatable bonds is 0. The highest BCUT2D eigenvalue weighted by Crippen LogP contribution is 2.43. The predicted octanol–water partition coefficient (Wildman–Crippen LogP) is 2.44. The molecule has 4 heteroatoms. The molecule has 1 aliphatic heterocycles. The summed E-state index contributed by atoms with van der Waals surface area (Å²) in [4.78, 5) is 2.46. The Kier molecular flexibility index (Phi) is 6.50. The molecule has 2 rings (SSSR count). The van der Waals surface area contributed by atoms with E-state index in [0.717, 1.165) is 0 Å². The monoisotopic (exact) mass is 254 g/mol. The van der Waals surface area contributed by atoms with Crippen LogP contribution in [0.4, 0.5) is 0 Å². The summed E-state index contributed by atoms with van der Waals surface area (Å²) in [5.74, 6) is 0. The molecule has 2 N–H and O–H groups in total.